The van der Waals surface area contributed by atoms with Gasteiger partial charge in [0.05, 0.1) is 0 Å². The van der Waals surface area contributed by atoms with Gasteiger partial charge in [-0.2, -0.15) is 0 Å². The first-order valence-corrected chi connectivity index (χ1v) is 17.2. The fraction of sp³-hybridized carbons (Fsp3) is 0.636. The molecule has 1 aliphatic carbocycles. The molecule has 0 unspecified atom stereocenters. The van der Waals surface area contributed by atoms with Gasteiger partial charge in [-0.25, -0.2) is 0 Å². The van der Waals surface area contributed by atoms with Gasteiger partial charge in [-0.3, -0.25) is 0 Å². The van der Waals surface area contributed by atoms with E-state index in [1.165, 1.54) is 6.42 Å². The Labute approximate surface area is 88.5 Å². The molecule has 1 rings (SSSR count). The summed E-state index contributed by atoms with van der Waals surface area (Å²) in [5.74, 6) is 0. The molecule has 0 spiro atoms. The van der Waals surface area contributed by atoms with E-state index < -0.39 is 28.3 Å². The third kappa shape index (κ3) is 2.76. The van der Waals surface area contributed by atoms with Gasteiger partial charge in [0.1, 0.15) is 0 Å². The van der Waals surface area contributed by atoms with Crippen molar-refractivity contribution < 1.29 is 20.3 Å². The summed E-state index contributed by atoms with van der Waals surface area (Å²) in [4.78, 5) is 0. The zero-order valence-electron chi connectivity index (χ0n) is 9.86. The van der Waals surface area contributed by atoms with Crippen LogP contribution >= 0.6 is 0 Å². The van der Waals surface area contributed by atoms with E-state index in [-0.39, 0.29) is 0 Å². The van der Waals surface area contributed by atoms with Crippen molar-refractivity contribution in [2.75, 3.05) is 0 Å². The average molecular weight is 274 g/mol. The Balaban J connectivity index is 3.10. The van der Waals surface area contributed by atoms with Crippen LogP contribution < -0.4 is 0 Å². The van der Waals surface area contributed by atoms with Crippen LogP contribution in [-0.4, -0.2) is 8.07 Å². The van der Waals surface area contributed by atoms with Gasteiger partial charge in [-0.1, -0.05) is 0 Å². The third-order valence-electron chi connectivity index (χ3n) is 2.64. The topological polar surface area (TPSA) is 0 Å². The van der Waals surface area contributed by atoms with Crippen molar-refractivity contribution in [1.29, 1.82) is 0 Å². The fourth-order valence-electron chi connectivity index (χ4n) is 1.92. The Morgan fingerprint density at radius 3 is 2.00 bits per heavy atom. The van der Waals surface area contributed by atoms with Crippen LogP contribution in [0.1, 0.15) is 6.42 Å². The molecule has 0 atom stereocenters. The van der Waals surface area contributed by atoms with Crippen LogP contribution in [0.5, 0.6) is 0 Å². The Bertz CT molecular complexity index is 261. The Kier molecular flexibility index (Phi) is 3.25. The molecule has 0 aromatic heterocycles. The number of rotatable bonds is 2. The second kappa shape index (κ2) is 3.62. The third-order valence-corrected chi connectivity index (χ3v) is 11.0. The molecule has 0 bridgehead atoms. The molecule has 0 heterocycles. The van der Waals surface area contributed by atoms with Crippen molar-refractivity contribution in [2.45, 2.75) is 40.0 Å². The van der Waals surface area contributed by atoms with Crippen molar-refractivity contribution in [3.05, 3.63) is 20.6 Å². The molecule has 0 fully saturated rings. The predicted molar refractivity (Wildman–Crippen MR) is 61.7 cm³/mol. The molecule has 0 nitrogen and oxygen atoms in total. The van der Waals surface area contributed by atoms with Crippen molar-refractivity contribution >= 4 is 8.07 Å². The van der Waals surface area contributed by atoms with Gasteiger partial charge in [0.25, 0.3) is 0 Å². The van der Waals surface area contributed by atoms with E-state index in [0.29, 0.717) is 0 Å². The van der Waals surface area contributed by atoms with Crippen LogP contribution in [0.15, 0.2) is 20.6 Å². The summed E-state index contributed by atoms with van der Waals surface area (Å²) in [5.41, 5.74) is 0. The normalized spacial score (nSPS) is 18.6. The quantitative estimate of drug-likeness (QED) is 0.655. The number of hydrogen-bond acceptors (Lipinski definition) is 0. The molecule has 0 saturated carbocycles. The molecule has 0 aromatic carbocycles. The predicted octanol–water partition coefficient (Wildman–Crippen LogP) is 4.38. The summed E-state index contributed by atoms with van der Waals surface area (Å²) >= 11 is -1.76. The second-order valence-electron chi connectivity index (χ2n) is 6.00. The Morgan fingerprint density at radius 2 is 1.69 bits per heavy atom. The van der Waals surface area contributed by atoms with Crippen molar-refractivity contribution in [1.82, 2.24) is 0 Å². The summed E-state index contributed by atoms with van der Waals surface area (Å²) < 4.78 is 9.50. The zero-order valence-corrected chi connectivity index (χ0v) is 13.3. The Hall–Kier alpha value is 0.580. The van der Waals surface area contributed by atoms with E-state index in [4.69, 9.17) is 0 Å². The van der Waals surface area contributed by atoms with Gasteiger partial charge in [-0.15, -0.1) is 0 Å². The second-order valence-corrected chi connectivity index (χ2v) is 23.6. The van der Waals surface area contributed by atoms with E-state index in [9.17, 15) is 0 Å². The minimum atomic E-state index is -1.76. The summed E-state index contributed by atoms with van der Waals surface area (Å²) in [6, 6.07) is 0. The first-order valence-electron chi connectivity index (χ1n) is 5.13. The van der Waals surface area contributed by atoms with E-state index >= 15 is 0 Å². The van der Waals surface area contributed by atoms with Crippen LogP contribution in [0.2, 0.25) is 33.5 Å². The maximum atomic E-state index is 2.54. The van der Waals surface area contributed by atoms with E-state index in [1.54, 1.807) is 5.20 Å². The summed E-state index contributed by atoms with van der Waals surface area (Å²) in [7, 11) is -1.05. The van der Waals surface area contributed by atoms with Crippen LogP contribution in [0, 0.1) is 0 Å². The monoisotopic (exact) mass is 272 g/mol. The van der Waals surface area contributed by atoms with Gasteiger partial charge in [0.2, 0.25) is 0 Å². The Morgan fingerprint density at radius 1 is 1.15 bits per heavy atom. The van der Waals surface area contributed by atoms with Crippen LogP contribution in [0.25, 0.3) is 0 Å². The average Bonchev–Trinajstić information content (AvgIpc) is 2.27. The molecule has 2 heteroatoms. The van der Waals surface area contributed by atoms with Crippen LogP contribution in [0.3, 0.4) is 0 Å². The molecule has 0 aromatic rings. The van der Waals surface area contributed by atoms with Gasteiger partial charge in [0, 0.05) is 0 Å². The van der Waals surface area contributed by atoms with E-state index in [0.717, 1.165) is 0 Å². The molecule has 1 aliphatic rings. The first-order chi connectivity index (χ1) is 5.73. The summed E-state index contributed by atoms with van der Waals surface area (Å²) in [5, 5.41) is 1.77. The standard InChI is InChI=1S/C8H13Si.3CH3.Zr/c1-9(2,3)8-6-4-5-7-8;;;;/h4,6H,5H2,1-3H3;3*1H3;. The SMILES string of the molecule is C[Si](C)(C)C1=[C]([Zr]([CH3])([CH3])[CH3])CC=C1. The van der Waals surface area contributed by atoms with Gasteiger partial charge < -0.3 is 0 Å². The van der Waals surface area contributed by atoms with Crippen molar-refractivity contribution in [3.8, 4) is 0 Å². The van der Waals surface area contributed by atoms with E-state index in [2.05, 4.69) is 45.7 Å². The minimum absolute atomic E-state index is 1.05. The van der Waals surface area contributed by atoms with Gasteiger partial charge >= 0.3 is 88.9 Å². The molecule has 0 saturated heterocycles. The zero-order chi connectivity index (χ0) is 10.3. The van der Waals surface area contributed by atoms with Gasteiger partial charge in [0.15, 0.2) is 0 Å². The summed E-state index contributed by atoms with van der Waals surface area (Å²) in [6.45, 7) is 7.40. The molecule has 0 amide bonds. The molecule has 0 radical (unpaired) electrons. The van der Waals surface area contributed by atoms with Crippen LogP contribution in [0.4, 0.5) is 0 Å². The van der Waals surface area contributed by atoms with E-state index in [1.807, 2.05) is 3.28 Å². The first kappa shape index (κ1) is 11.7. The molecule has 13 heavy (non-hydrogen) atoms. The molecule has 74 valence electrons. The molecular weight excluding hydrogens is 251 g/mol. The molecule has 0 aliphatic heterocycles. The number of allylic oxidation sites excluding steroid dienone is 4. The number of hydrogen-bond donors (Lipinski definition) is 0. The molecular formula is C11H22SiZr. The van der Waals surface area contributed by atoms with Crippen LogP contribution in [-0.2, 0) is 20.3 Å². The van der Waals surface area contributed by atoms with Gasteiger partial charge in [-0.05, 0) is 0 Å². The van der Waals surface area contributed by atoms with Crippen molar-refractivity contribution in [2.24, 2.45) is 0 Å². The summed E-state index contributed by atoms with van der Waals surface area (Å²) in [6.07, 6.45) is 6.08. The maximum absolute atomic E-state index is 2.54. The van der Waals surface area contributed by atoms with Crippen molar-refractivity contribution in [3.63, 3.8) is 0 Å². The molecule has 0 N–H and O–H groups in total. The fourth-order valence-corrected chi connectivity index (χ4v) is 12.5.